The highest BCUT2D eigenvalue weighted by Crippen LogP contribution is 2.26. The third-order valence-corrected chi connectivity index (χ3v) is 6.29. The number of nitrogens with zero attached hydrogens (tertiary/aromatic N) is 3. The Morgan fingerprint density at radius 2 is 1.83 bits per heavy atom. The summed E-state index contributed by atoms with van der Waals surface area (Å²) in [6.45, 7) is 10.1. The topological polar surface area (TPSA) is 126 Å². The number of carbonyl (C=O) groups is 3. The number of thioether (sulfide) groups is 1. The van der Waals surface area contributed by atoms with Crippen molar-refractivity contribution in [2.24, 2.45) is 5.92 Å². The Balaban J connectivity index is 1.74. The van der Waals surface area contributed by atoms with Crippen LogP contribution >= 0.6 is 11.8 Å². The molecular weight excluding hydrogens is 478 g/mol. The lowest BCUT2D eigenvalue weighted by Crippen LogP contribution is -2.33. The van der Waals surface area contributed by atoms with E-state index >= 15 is 0 Å². The monoisotopic (exact) mass is 507 g/mol. The van der Waals surface area contributed by atoms with Gasteiger partial charge in [-0.05, 0) is 43.2 Å². The van der Waals surface area contributed by atoms with E-state index in [0.29, 0.717) is 28.8 Å². The predicted octanol–water partition coefficient (Wildman–Crippen LogP) is 4.33. The van der Waals surface area contributed by atoms with Gasteiger partial charge in [-0.1, -0.05) is 55.4 Å². The van der Waals surface area contributed by atoms with E-state index in [4.69, 9.17) is 5.11 Å². The van der Waals surface area contributed by atoms with Crippen LogP contribution in [0.25, 0.3) is 0 Å². The van der Waals surface area contributed by atoms with Crippen LogP contribution in [0.2, 0.25) is 0 Å². The summed E-state index contributed by atoms with van der Waals surface area (Å²) < 4.78 is 1.83. The molecule has 188 valence electrons. The number of aryl methyl sites for hydroxylation is 1. The summed E-state index contributed by atoms with van der Waals surface area (Å²) in [5, 5.41) is 24.0. The minimum absolute atomic E-state index is 0.0230. The van der Waals surface area contributed by atoms with E-state index in [2.05, 4.69) is 27.4 Å². The van der Waals surface area contributed by atoms with E-state index in [-0.39, 0.29) is 29.0 Å². The minimum Gasteiger partial charge on any atom is -0.478 e. The molecule has 1 atom stereocenters. The quantitative estimate of drug-likeness (QED) is 0.260. The van der Waals surface area contributed by atoms with Crippen LogP contribution in [0.4, 0.5) is 5.69 Å². The molecule has 0 spiro atoms. The Morgan fingerprint density at radius 3 is 2.47 bits per heavy atom. The van der Waals surface area contributed by atoms with Gasteiger partial charge in [-0.3, -0.25) is 9.59 Å². The van der Waals surface area contributed by atoms with Crippen LogP contribution in [0, 0.1) is 12.8 Å². The van der Waals surface area contributed by atoms with Crippen molar-refractivity contribution in [3.63, 3.8) is 0 Å². The minimum atomic E-state index is -1.07. The second kappa shape index (κ2) is 12.2. The van der Waals surface area contributed by atoms with Gasteiger partial charge in [0.25, 0.3) is 5.91 Å². The maximum atomic E-state index is 12.9. The molecule has 0 radical (unpaired) electrons. The van der Waals surface area contributed by atoms with E-state index in [9.17, 15) is 14.4 Å². The largest absolute Gasteiger partial charge is 0.478 e. The van der Waals surface area contributed by atoms with E-state index in [1.54, 1.807) is 30.3 Å². The number of nitrogens with one attached hydrogen (secondary N) is 2. The molecule has 0 fully saturated rings. The molecule has 1 aromatic heterocycles. The molecule has 9 nitrogen and oxygen atoms in total. The van der Waals surface area contributed by atoms with Gasteiger partial charge in [0.15, 0.2) is 11.0 Å². The highest BCUT2D eigenvalue weighted by Gasteiger charge is 2.26. The summed E-state index contributed by atoms with van der Waals surface area (Å²) in [5.41, 5.74) is 2.10. The number of aromatic carboxylic acids is 1. The van der Waals surface area contributed by atoms with E-state index in [1.165, 1.54) is 23.9 Å². The first kappa shape index (κ1) is 26.7. The molecule has 36 heavy (non-hydrogen) atoms. The molecular formula is C26H29N5O4S. The molecule has 3 N–H and O–H groups in total. The van der Waals surface area contributed by atoms with Gasteiger partial charge < -0.3 is 20.3 Å². The zero-order valence-electron chi connectivity index (χ0n) is 20.4. The van der Waals surface area contributed by atoms with E-state index in [0.717, 1.165) is 5.56 Å². The standard InChI is InChI=1S/C26H29N5O4S/c1-5-13-31-23(22(16(2)3)28-24(33)18-11-9-17(4)10-12-18)29-30-26(31)36-15-21(32)27-20-8-6-7-19(14-20)25(34)35/h5-12,14,16,22H,1,13,15H2,2-4H3,(H,27,32)(H,28,33)(H,34,35)/t22-/m1/s1. The molecule has 3 aromatic rings. The average Bonchev–Trinajstić information content (AvgIpc) is 3.23. The number of aromatic nitrogens is 3. The van der Waals surface area contributed by atoms with Crippen molar-refractivity contribution in [2.75, 3.05) is 11.1 Å². The predicted molar refractivity (Wildman–Crippen MR) is 139 cm³/mol. The number of carbonyl (C=O) groups excluding carboxylic acids is 2. The van der Waals surface area contributed by atoms with Crippen LogP contribution in [-0.2, 0) is 11.3 Å². The number of anilines is 1. The van der Waals surface area contributed by atoms with Gasteiger partial charge in [0.2, 0.25) is 5.91 Å². The molecule has 0 aliphatic rings. The molecule has 2 amide bonds. The molecule has 0 saturated carbocycles. The van der Waals surface area contributed by atoms with Crippen LogP contribution in [0.1, 0.15) is 52.0 Å². The van der Waals surface area contributed by atoms with Crippen molar-refractivity contribution in [3.8, 4) is 0 Å². The Bertz CT molecular complexity index is 1250. The van der Waals surface area contributed by atoms with Crippen LogP contribution < -0.4 is 10.6 Å². The SMILES string of the molecule is C=CCn1c(SCC(=O)Nc2cccc(C(=O)O)c2)nnc1[C@H](NC(=O)c1ccc(C)cc1)C(C)C. The molecule has 1 heterocycles. The average molecular weight is 508 g/mol. The lowest BCUT2D eigenvalue weighted by molar-refractivity contribution is -0.113. The Hall–Kier alpha value is -3.92. The number of hydrogen-bond acceptors (Lipinski definition) is 6. The number of amides is 2. The summed E-state index contributed by atoms with van der Waals surface area (Å²) in [6, 6.07) is 13.0. The molecule has 0 unspecified atom stereocenters. The van der Waals surface area contributed by atoms with Crippen molar-refractivity contribution in [3.05, 3.63) is 83.7 Å². The fourth-order valence-electron chi connectivity index (χ4n) is 3.45. The number of carboxylic acids is 1. The third-order valence-electron chi connectivity index (χ3n) is 5.33. The van der Waals surface area contributed by atoms with Gasteiger partial charge in [-0.2, -0.15) is 0 Å². The van der Waals surface area contributed by atoms with Gasteiger partial charge in [0.1, 0.15) is 0 Å². The molecule has 2 aromatic carbocycles. The molecule has 0 aliphatic carbocycles. The Labute approximate surface area is 214 Å². The summed E-state index contributed by atoms with van der Waals surface area (Å²) >= 11 is 1.19. The van der Waals surface area contributed by atoms with E-state index < -0.39 is 12.0 Å². The number of hydrogen-bond donors (Lipinski definition) is 3. The molecule has 0 aliphatic heterocycles. The van der Waals surface area contributed by atoms with Crippen molar-refractivity contribution in [1.29, 1.82) is 0 Å². The Kier molecular flexibility index (Phi) is 9.02. The van der Waals surface area contributed by atoms with Crippen LogP contribution in [-0.4, -0.2) is 43.4 Å². The maximum absolute atomic E-state index is 12.9. The zero-order chi connectivity index (χ0) is 26.2. The smallest absolute Gasteiger partial charge is 0.335 e. The van der Waals surface area contributed by atoms with Gasteiger partial charge in [0.05, 0.1) is 17.4 Å². The molecule has 0 bridgehead atoms. The van der Waals surface area contributed by atoms with Crippen molar-refractivity contribution in [2.45, 2.75) is 38.5 Å². The maximum Gasteiger partial charge on any atom is 0.335 e. The van der Waals surface area contributed by atoms with Gasteiger partial charge in [-0.15, -0.1) is 16.8 Å². The summed E-state index contributed by atoms with van der Waals surface area (Å²) in [5.74, 6) is -0.962. The number of carboxylic acid groups (broad SMARTS) is 1. The lowest BCUT2D eigenvalue weighted by Gasteiger charge is -2.22. The Morgan fingerprint density at radius 1 is 1.11 bits per heavy atom. The van der Waals surface area contributed by atoms with Crippen LogP contribution in [0.3, 0.4) is 0 Å². The summed E-state index contributed by atoms with van der Waals surface area (Å²) in [6.07, 6.45) is 1.70. The lowest BCUT2D eigenvalue weighted by atomic mass is 10.0. The van der Waals surface area contributed by atoms with Crippen molar-refractivity contribution in [1.82, 2.24) is 20.1 Å². The fourth-order valence-corrected chi connectivity index (χ4v) is 4.21. The number of benzene rings is 2. The first-order valence-corrected chi connectivity index (χ1v) is 12.4. The number of allylic oxidation sites excluding steroid dienone is 1. The van der Waals surface area contributed by atoms with Crippen molar-refractivity contribution >= 4 is 35.2 Å². The normalized spacial score (nSPS) is 11.7. The van der Waals surface area contributed by atoms with Crippen LogP contribution in [0.15, 0.2) is 66.3 Å². The summed E-state index contributed by atoms with van der Waals surface area (Å²) in [7, 11) is 0. The first-order chi connectivity index (χ1) is 17.2. The second-order valence-electron chi connectivity index (χ2n) is 8.52. The van der Waals surface area contributed by atoms with Crippen molar-refractivity contribution < 1.29 is 19.5 Å². The van der Waals surface area contributed by atoms with E-state index in [1.807, 2.05) is 37.5 Å². The zero-order valence-corrected chi connectivity index (χ0v) is 21.2. The molecule has 10 heteroatoms. The second-order valence-corrected chi connectivity index (χ2v) is 9.47. The molecule has 3 rings (SSSR count). The molecule has 0 saturated heterocycles. The van der Waals surface area contributed by atoms with Gasteiger partial charge >= 0.3 is 5.97 Å². The number of rotatable bonds is 11. The first-order valence-electron chi connectivity index (χ1n) is 11.4. The van der Waals surface area contributed by atoms with Crippen LogP contribution in [0.5, 0.6) is 0 Å². The summed E-state index contributed by atoms with van der Waals surface area (Å²) in [4.78, 5) is 36.5. The highest BCUT2D eigenvalue weighted by atomic mass is 32.2. The highest BCUT2D eigenvalue weighted by molar-refractivity contribution is 7.99. The third kappa shape index (κ3) is 6.82. The van der Waals surface area contributed by atoms with Gasteiger partial charge in [0, 0.05) is 17.8 Å². The fraction of sp³-hybridized carbons (Fsp3) is 0.269. The van der Waals surface area contributed by atoms with Gasteiger partial charge in [-0.25, -0.2) is 4.79 Å².